The van der Waals surface area contributed by atoms with Gasteiger partial charge in [0.2, 0.25) is 5.91 Å². The molecule has 2 N–H and O–H groups in total. The van der Waals surface area contributed by atoms with Crippen molar-refractivity contribution in [1.29, 1.82) is 0 Å². The number of hydrogen-bond acceptors (Lipinski definition) is 6. The quantitative estimate of drug-likeness (QED) is 0.602. The number of likely N-dealkylation sites (tertiary alicyclic amines) is 1. The monoisotopic (exact) mass is 521 g/mol. The van der Waals surface area contributed by atoms with Gasteiger partial charge in [-0.2, -0.15) is 5.11 Å². The third-order valence-electron chi connectivity index (χ3n) is 8.06. The van der Waals surface area contributed by atoms with Gasteiger partial charge in [-0.25, -0.2) is 4.99 Å². The number of hydrogen-bond donors (Lipinski definition) is 2. The number of nitrogens with zero attached hydrogens (tertiary/aromatic N) is 4. The van der Waals surface area contributed by atoms with E-state index in [0.717, 1.165) is 30.4 Å². The molecule has 8 nitrogen and oxygen atoms in total. The predicted octanol–water partition coefficient (Wildman–Crippen LogP) is 4.55. The van der Waals surface area contributed by atoms with Crippen LogP contribution in [-0.2, 0) is 10.4 Å². The van der Waals surface area contributed by atoms with Crippen LogP contribution >= 0.6 is 11.6 Å². The van der Waals surface area contributed by atoms with Crippen molar-refractivity contribution in [3.05, 3.63) is 70.2 Å². The minimum atomic E-state index is -1.06. The Morgan fingerprint density at radius 3 is 2.62 bits per heavy atom. The fourth-order valence-electron chi connectivity index (χ4n) is 5.86. The molecule has 5 rings (SSSR count). The molecule has 2 aromatic rings. The molecular formula is C28H32ClN5O3. The summed E-state index contributed by atoms with van der Waals surface area (Å²) in [4.78, 5) is 32.9. The van der Waals surface area contributed by atoms with Crippen LogP contribution in [0.15, 0.2) is 63.8 Å². The number of azo groups is 1. The second-order valence-corrected chi connectivity index (χ2v) is 11.3. The van der Waals surface area contributed by atoms with Crippen LogP contribution < -0.4 is 5.32 Å². The summed E-state index contributed by atoms with van der Waals surface area (Å²) in [6.45, 7) is 5.19. The highest BCUT2D eigenvalue weighted by Crippen LogP contribution is 2.46. The molecule has 37 heavy (non-hydrogen) atoms. The molecule has 2 aromatic carbocycles. The minimum Gasteiger partial charge on any atom is -0.384 e. The molecule has 0 spiro atoms. The van der Waals surface area contributed by atoms with E-state index in [9.17, 15) is 14.7 Å². The number of rotatable bonds is 5. The lowest BCUT2D eigenvalue weighted by Crippen LogP contribution is -2.58. The fourth-order valence-corrected chi connectivity index (χ4v) is 5.99. The summed E-state index contributed by atoms with van der Waals surface area (Å²) in [5.41, 5.74) is 0.440. The number of benzene rings is 2. The molecule has 0 radical (unpaired) electrons. The van der Waals surface area contributed by atoms with E-state index in [2.05, 4.69) is 20.5 Å². The molecular weight excluding hydrogens is 490 g/mol. The molecule has 1 saturated carbocycles. The van der Waals surface area contributed by atoms with Gasteiger partial charge < -0.3 is 15.3 Å². The lowest BCUT2D eigenvalue weighted by atomic mass is 9.66. The first-order valence-corrected chi connectivity index (χ1v) is 13.2. The Kier molecular flexibility index (Phi) is 6.89. The van der Waals surface area contributed by atoms with Gasteiger partial charge in [0.1, 0.15) is 0 Å². The number of nitrogens with one attached hydrogen (secondary N) is 1. The zero-order chi connectivity index (χ0) is 26.2. The Morgan fingerprint density at radius 2 is 1.92 bits per heavy atom. The molecule has 3 aliphatic rings. The lowest BCUT2D eigenvalue weighted by Gasteiger charge is -2.51. The van der Waals surface area contributed by atoms with Crippen LogP contribution in [0.5, 0.6) is 0 Å². The van der Waals surface area contributed by atoms with Crippen molar-refractivity contribution in [1.82, 2.24) is 10.2 Å². The molecule has 9 heteroatoms. The maximum Gasteiger partial charge on any atom is 0.251 e. The average molecular weight is 522 g/mol. The van der Waals surface area contributed by atoms with Gasteiger partial charge in [-0.15, -0.1) is 5.11 Å². The predicted molar refractivity (Wildman–Crippen MR) is 142 cm³/mol. The zero-order valence-electron chi connectivity index (χ0n) is 21.2. The largest absolute Gasteiger partial charge is 0.384 e. The molecule has 2 aliphatic heterocycles. The molecule has 0 unspecified atom stereocenters. The highest BCUT2D eigenvalue weighted by molar-refractivity contribution is 6.30. The van der Waals surface area contributed by atoms with Gasteiger partial charge in [0.05, 0.1) is 11.5 Å². The standard InChI is InChI=1S/C28H32ClN5O3/c1-27(2)16-34(14-13-28(27,37)20-9-11-21(29)12-10-20)26(36)22-7-4-8-23(22)32-25(35)19-6-3-5-18(15-19)24-30-17-31-33-24/h3,5-6,9-12,15,22-23,37H,4,7-8,13-14,16-17H2,1-2H3,(H,32,35)/t22-,23+,28-/m0/s1. The van der Waals surface area contributed by atoms with E-state index in [1.165, 1.54) is 0 Å². The van der Waals surface area contributed by atoms with Crippen LogP contribution in [0.3, 0.4) is 0 Å². The third kappa shape index (κ3) is 4.92. The smallest absolute Gasteiger partial charge is 0.251 e. The van der Waals surface area contributed by atoms with Gasteiger partial charge in [-0.05, 0) is 49.1 Å². The number of aliphatic imine (C=N–C) groups is 1. The SMILES string of the molecule is CC1(C)CN(C(=O)[C@H]2CCC[C@H]2NC(=O)c2cccc(C3=NCN=N3)c2)CC[C@]1(O)c1ccc(Cl)cc1. The summed E-state index contributed by atoms with van der Waals surface area (Å²) in [7, 11) is 0. The fraction of sp³-hybridized carbons (Fsp3) is 0.464. The summed E-state index contributed by atoms with van der Waals surface area (Å²) >= 11 is 6.05. The molecule has 1 saturated heterocycles. The molecule has 0 aromatic heterocycles. The molecule has 194 valence electrons. The third-order valence-corrected chi connectivity index (χ3v) is 8.32. The van der Waals surface area contributed by atoms with Gasteiger partial charge >= 0.3 is 0 Å². The zero-order valence-corrected chi connectivity index (χ0v) is 21.9. The Balaban J connectivity index is 1.26. The Bertz CT molecular complexity index is 1260. The summed E-state index contributed by atoms with van der Waals surface area (Å²) in [6, 6.07) is 14.2. The first kappa shape index (κ1) is 25.5. The van der Waals surface area contributed by atoms with Crippen LogP contribution in [0.2, 0.25) is 5.02 Å². The molecule has 2 fully saturated rings. The Hall–Kier alpha value is -3.10. The van der Waals surface area contributed by atoms with Crippen LogP contribution in [0.25, 0.3) is 0 Å². The molecule has 2 heterocycles. The van der Waals surface area contributed by atoms with Crippen molar-refractivity contribution < 1.29 is 14.7 Å². The van der Waals surface area contributed by atoms with Gasteiger partial charge in [-0.3, -0.25) is 9.59 Å². The average Bonchev–Trinajstić information content (AvgIpc) is 3.58. The van der Waals surface area contributed by atoms with Gasteiger partial charge in [0.25, 0.3) is 5.91 Å². The van der Waals surface area contributed by atoms with E-state index in [4.69, 9.17) is 11.6 Å². The van der Waals surface area contributed by atoms with E-state index < -0.39 is 11.0 Å². The number of carbonyl (C=O) groups excluding carboxylic acids is 2. The van der Waals surface area contributed by atoms with Crippen molar-refractivity contribution in [2.24, 2.45) is 26.6 Å². The number of carbonyl (C=O) groups is 2. The van der Waals surface area contributed by atoms with E-state index in [1.54, 1.807) is 30.3 Å². The molecule has 2 amide bonds. The van der Waals surface area contributed by atoms with Gasteiger partial charge in [0, 0.05) is 40.7 Å². The topological polar surface area (TPSA) is 107 Å². The van der Waals surface area contributed by atoms with Crippen LogP contribution in [0.4, 0.5) is 0 Å². The highest BCUT2D eigenvalue weighted by Gasteiger charge is 2.50. The summed E-state index contributed by atoms with van der Waals surface area (Å²) in [5.74, 6) is 0.0779. The highest BCUT2D eigenvalue weighted by atomic mass is 35.5. The summed E-state index contributed by atoms with van der Waals surface area (Å²) in [6.07, 6.45) is 2.81. The van der Waals surface area contributed by atoms with Crippen LogP contribution in [0.1, 0.15) is 61.0 Å². The van der Waals surface area contributed by atoms with E-state index >= 15 is 0 Å². The first-order chi connectivity index (χ1) is 17.7. The van der Waals surface area contributed by atoms with Crippen molar-refractivity contribution >= 4 is 29.3 Å². The second kappa shape index (κ2) is 9.99. The van der Waals surface area contributed by atoms with Crippen molar-refractivity contribution in [2.75, 3.05) is 19.8 Å². The number of aliphatic hydroxyl groups is 1. The lowest BCUT2D eigenvalue weighted by molar-refractivity contribution is -0.156. The number of halogens is 1. The molecule has 3 atom stereocenters. The minimum absolute atomic E-state index is 0.0449. The number of amides is 2. The van der Waals surface area contributed by atoms with Crippen molar-refractivity contribution in [2.45, 2.75) is 51.2 Å². The molecule has 1 aliphatic carbocycles. The van der Waals surface area contributed by atoms with Crippen LogP contribution in [0, 0.1) is 11.3 Å². The number of piperidine rings is 1. The van der Waals surface area contributed by atoms with Gasteiger partial charge in [0.15, 0.2) is 12.5 Å². The van der Waals surface area contributed by atoms with E-state index in [0.29, 0.717) is 42.6 Å². The Morgan fingerprint density at radius 1 is 1.14 bits per heavy atom. The summed E-state index contributed by atoms with van der Waals surface area (Å²) < 4.78 is 0. The first-order valence-electron chi connectivity index (χ1n) is 12.8. The van der Waals surface area contributed by atoms with Crippen LogP contribution in [-0.4, -0.2) is 53.5 Å². The Labute approximate surface area is 221 Å². The summed E-state index contributed by atoms with van der Waals surface area (Å²) in [5, 5.41) is 23.3. The number of amidine groups is 1. The molecule has 0 bridgehead atoms. The van der Waals surface area contributed by atoms with E-state index in [-0.39, 0.29) is 23.8 Å². The van der Waals surface area contributed by atoms with Gasteiger partial charge in [-0.1, -0.05) is 56.1 Å². The van der Waals surface area contributed by atoms with E-state index in [1.807, 2.05) is 36.9 Å². The normalized spacial score (nSPS) is 26.7. The van der Waals surface area contributed by atoms with Crippen molar-refractivity contribution in [3.8, 4) is 0 Å². The van der Waals surface area contributed by atoms with Crippen molar-refractivity contribution in [3.63, 3.8) is 0 Å². The maximum absolute atomic E-state index is 13.7. The second-order valence-electron chi connectivity index (χ2n) is 10.8. The maximum atomic E-state index is 13.7.